The van der Waals surface area contributed by atoms with Crippen LogP contribution in [0.3, 0.4) is 0 Å². The lowest BCUT2D eigenvalue weighted by molar-refractivity contribution is -0.134. The van der Waals surface area contributed by atoms with E-state index in [1.807, 2.05) is 4.90 Å². The van der Waals surface area contributed by atoms with Crippen molar-refractivity contribution in [1.29, 1.82) is 0 Å². The number of piperidine rings is 1. The van der Waals surface area contributed by atoms with Gasteiger partial charge in [-0.05, 0) is 31.6 Å². The predicted octanol–water partition coefficient (Wildman–Crippen LogP) is 0.354. The van der Waals surface area contributed by atoms with Gasteiger partial charge in [0.25, 0.3) is 0 Å². The van der Waals surface area contributed by atoms with Crippen LogP contribution in [0.1, 0.15) is 32.1 Å². The summed E-state index contributed by atoms with van der Waals surface area (Å²) in [4.78, 5) is 28.4. The van der Waals surface area contributed by atoms with E-state index in [4.69, 9.17) is 0 Å². The normalized spacial score (nSPS) is 30.2. The Labute approximate surface area is 144 Å². The SMILES string of the molecule is C=CCNC(=O)CN1CCN(C(=O)CC2CC3CCC(C2)N3)CC1. The summed E-state index contributed by atoms with van der Waals surface area (Å²) >= 11 is 0. The van der Waals surface area contributed by atoms with E-state index in [2.05, 4.69) is 22.1 Å². The van der Waals surface area contributed by atoms with Crippen molar-refractivity contribution in [3.63, 3.8) is 0 Å². The van der Waals surface area contributed by atoms with Crippen molar-refractivity contribution < 1.29 is 9.59 Å². The first-order valence-corrected chi connectivity index (χ1v) is 9.28. The number of carbonyl (C=O) groups excluding carboxylic acids is 2. The molecule has 0 aromatic rings. The van der Waals surface area contributed by atoms with Crippen LogP contribution in [-0.2, 0) is 9.59 Å². The molecule has 134 valence electrons. The second kappa shape index (κ2) is 8.12. The van der Waals surface area contributed by atoms with E-state index in [-0.39, 0.29) is 5.91 Å². The van der Waals surface area contributed by atoms with Gasteiger partial charge < -0.3 is 15.5 Å². The van der Waals surface area contributed by atoms with Crippen LogP contribution < -0.4 is 10.6 Å². The molecule has 0 aliphatic carbocycles. The smallest absolute Gasteiger partial charge is 0.234 e. The molecule has 3 aliphatic rings. The number of hydrogen-bond donors (Lipinski definition) is 2. The van der Waals surface area contributed by atoms with E-state index in [1.165, 1.54) is 12.8 Å². The van der Waals surface area contributed by atoms with Gasteiger partial charge in [0.2, 0.25) is 11.8 Å². The molecule has 2 unspecified atom stereocenters. The zero-order valence-corrected chi connectivity index (χ0v) is 14.5. The molecule has 0 saturated carbocycles. The fourth-order valence-electron chi connectivity index (χ4n) is 4.32. The Hall–Kier alpha value is -1.40. The van der Waals surface area contributed by atoms with Crippen LogP contribution in [0.2, 0.25) is 0 Å². The van der Waals surface area contributed by atoms with Crippen LogP contribution in [-0.4, -0.2) is 73.0 Å². The molecule has 0 aromatic heterocycles. The second-order valence-corrected chi connectivity index (χ2v) is 7.43. The average Bonchev–Trinajstić information content (AvgIpc) is 2.92. The van der Waals surface area contributed by atoms with Gasteiger partial charge in [-0.3, -0.25) is 14.5 Å². The monoisotopic (exact) mass is 334 g/mol. The maximum atomic E-state index is 12.6. The second-order valence-electron chi connectivity index (χ2n) is 7.43. The van der Waals surface area contributed by atoms with E-state index >= 15 is 0 Å². The first kappa shape index (κ1) is 17.4. The van der Waals surface area contributed by atoms with Gasteiger partial charge in [-0.1, -0.05) is 6.08 Å². The number of rotatable bonds is 6. The van der Waals surface area contributed by atoms with Gasteiger partial charge >= 0.3 is 0 Å². The number of hydrogen-bond acceptors (Lipinski definition) is 4. The minimum Gasteiger partial charge on any atom is -0.352 e. The summed E-state index contributed by atoms with van der Waals surface area (Å²) in [5.41, 5.74) is 0. The molecule has 6 nitrogen and oxygen atoms in total. The maximum Gasteiger partial charge on any atom is 0.234 e. The van der Waals surface area contributed by atoms with Crippen LogP contribution in [0.4, 0.5) is 0 Å². The Morgan fingerprint density at radius 3 is 2.42 bits per heavy atom. The number of fused-ring (bicyclic) bond motifs is 2. The highest BCUT2D eigenvalue weighted by atomic mass is 16.2. The van der Waals surface area contributed by atoms with E-state index in [0.29, 0.717) is 43.4 Å². The fourth-order valence-corrected chi connectivity index (χ4v) is 4.32. The molecule has 0 spiro atoms. The number of amides is 2. The summed E-state index contributed by atoms with van der Waals surface area (Å²) in [6, 6.07) is 1.29. The molecule has 3 aliphatic heterocycles. The van der Waals surface area contributed by atoms with E-state index in [0.717, 1.165) is 39.0 Å². The van der Waals surface area contributed by atoms with Gasteiger partial charge in [-0.2, -0.15) is 0 Å². The Kier molecular flexibility index (Phi) is 5.89. The number of nitrogens with one attached hydrogen (secondary N) is 2. The molecule has 3 heterocycles. The zero-order chi connectivity index (χ0) is 16.9. The molecular formula is C18H30N4O2. The number of nitrogens with zero attached hydrogens (tertiary/aromatic N) is 2. The first-order valence-electron chi connectivity index (χ1n) is 9.28. The first-order chi connectivity index (χ1) is 11.6. The summed E-state index contributed by atoms with van der Waals surface area (Å²) < 4.78 is 0. The average molecular weight is 334 g/mol. The molecule has 0 radical (unpaired) electrons. The highest BCUT2D eigenvalue weighted by Gasteiger charge is 2.35. The van der Waals surface area contributed by atoms with Crippen molar-refractivity contribution in [2.75, 3.05) is 39.3 Å². The van der Waals surface area contributed by atoms with Crippen molar-refractivity contribution >= 4 is 11.8 Å². The molecule has 2 atom stereocenters. The van der Waals surface area contributed by atoms with E-state index in [1.54, 1.807) is 6.08 Å². The third-order valence-corrected chi connectivity index (χ3v) is 5.57. The maximum absolute atomic E-state index is 12.6. The molecular weight excluding hydrogens is 304 g/mol. The van der Waals surface area contributed by atoms with Gasteiger partial charge in [0.15, 0.2) is 0 Å². The molecule has 2 bridgehead atoms. The van der Waals surface area contributed by atoms with Crippen LogP contribution in [0.5, 0.6) is 0 Å². The lowest BCUT2D eigenvalue weighted by Crippen LogP contribution is -2.51. The molecule has 0 aromatic carbocycles. The molecule has 2 amide bonds. The van der Waals surface area contributed by atoms with Crippen LogP contribution >= 0.6 is 0 Å². The van der Waals surface area contributed by atoms with E-state index < -0.39 is 0 Å². The van der Waals surface area contributed by atoms with Crippen LogP contribution in [0.25, 0.3) is 0 Å². The Morgan fingerprint density at radius 2 is 1.79 bits per heavy atom. The number of piperazine rings is 1. The van der Waals surface area contributed by atoms with Crippen molar-refractivity contribution in [2.24, 2.45) is 5.92 Å². The van der Waals surface area contributed by atoms with Gasteiger partial charge in [-0.25, -0.2) is 0 Å². The molecule has 2 N–H and O–H groups in total. The highest BCUT2D eigenvalue weighted by molar-refractivity contribution is 5.78. The van der Waals surface area contributed by atoms with E-state index in [9.17, 15) is 9.59 Å². The largest absolute Gasteiger partial charge is 0.352 e. The van der Waals surface area contributed by atoms with Crippen molar-refractivity contribution in [1.82, 2.24) is 20.4 Å². The van der Waals surface area contributed by atoms with Crippen LogP contribution in [0.15, 0.2) is 12.7 Å². The topological polar surface area (TPSA) is 64.7 Å². The van der Waals surface area contributed by atoms with Gasteiger partial charge in [0, 0.05) is 51.2 Å². The van der Waals surface area contributed by atoms with Crippen LogP contribution in [0, 0.1) is 5.92 Å². The van der Waals surface area contributed by atoms with Gasteiger partial charge in [0.05, 0.1) is 6.54 Å². The molecule has 3 rings (SSSR count). The Morgan fingerprint density at radius 1 is 1.12 bits per heavy atom. The number of carbonyl (C=O) groups is 2. The quantitative estimate of drug-likeness (QED) is 0.688. The third-order valence-electron chi connectivity index (χ3n) is 5.57. The molecule has 6 heteroatoms. The summed E-state index contributed by atoms with van der Waals surface area (Å²) in [6.07, 6.45) is 7.26. The summed E-state index contributed by atoms with van der Waals surface area (Å²) in [7, 11) is 0. The highest BCUT2D eigenvalue weighted by Crippen LogP contribution is 2.33. The zero-order valence-electron chi connectivity index (χ0n) is 14.5. The van der Waals surface area contributed by atoms with Gasteiger partial charge in [-0.15, -0.1) is 6.58 Å². The van der Waals surface area contributed by atoms with Crippen molar-refractivity contribution in [3.8, 4) is 0 Å². The summed E-state index contributed by atoms with van der Waals surface area (Å²) in [5.74, 6) is 0.885. The Balaban J connectivity index is 1.37. The van der Waals surface area contributed by atoms with Crippen molar-refractivity contribution in [3.05, 3.63) is 12.7 Å². The molecule has 24 heavy (non-hydrogen) atoms. The predicted molar refractivity (Wildman–Crippen MR) is 93.5 cm³/mol. The summed E-state index contributed by atoms with van der Waals surface area (Å²) in [6.45, 7) is 7.56. The summed E-state index contributed by atoms with van der Waals surface area (Å²) in [5, 5.41) is 6.43. The van der Waals surface area contributed by atoms with Gasteiger partial charge in [0.1, 0.15) is 0 Å². The minimum absolute atomic E-state index is 0.0276. The Bertz CT molecular complexity index is 462. The third kappa shape index (κ3) is 4.57. The standard InChI is InChI=1S/C18H30N4O2/c1-2-5-19-17(23)13-21-6-8-22(9-7-21)18(24)12-14-10-15-3-4-16(11-14)20-15/h2,14-16,20H,1,3-13H2,(H,19,23). The lowest BCUT2D eigenvalue weighted by atomic mass is 9.89. The lowest BCUT2D eigenvalue weighted by Gasteiger charge is -2.36. The fraction of sp³-hybridized carbons (Fsp3) is 0.778. The van der Waals surface area contributed by atoms with Crippen molar-refractivity contribution in [2.45, 2.75) is 44.2 Å². The molecule has 3 fully saturated rings. The molecule has 3 saturated heterocycles. The minimum atomic E-state index is 0.0276.